The van der Waals surface area contributed by atoms with Crippen molar-refractivity contribution in [2.75, 3.05) is 18.0 Å². The van der Waals surface area contributed by atoms with E-state index in [0.717, 1.165) is 54.1 Å². The first-order chi connectivity index (χ1) is 16.5. The molecule has 2 aromatic heterocycles. The number of nitrogens with one attached hydrogen (secondary N) is 1. The van der Waals surface area contributed by atoms with E-state index in [1.165, 1.54) is 11.1 Å². The van der Waals surface area contributed by atoms with E-state index in [9.17, 15) is 4.79 Å². The first-order valence-corrected chi connectivity index (χ1v) is 12.0. The molecule has 1 aliphatic rings. The minimum atomic E-state index is 0.0117. The van der Waals surface area contributed by atoms with Crippen LogP contribution < -0.4 is 10.2 Å². The van der Waals surface area contributed by atoms with Gasteiger partial charge in [-0.3, -0.25) is 4.79 Å². The second-order valence-electron chi connectivity index (χ2n) is 9.33. The molecule has 0 bridgehead atoms. The van der Waals surface area contributed by atoms with Crippen LogP contribution >= 0.6 is 0 Å². The Morgan fingerprint density at radius 2 is 1.82 bits per heavy atom. The first-order valence-electron chi connectivity index (χ1n) is 12.0. The predicted molar refractivity (Wildman–Crippen MR) is 136 cm³/mol. The van der Waals surface area contributed by atoms with Crippen molar-refractivity contribution in [3.05, 3.63) is 83.7 Å². The monoisotopic (exact) mass is 453 g/mol. The van der Waals surface area contributed by atoms with Gasteiger partial charge in [-0.15, -0.1) is 0 Å². The average molecular weight is 454 g/mol. The number of hydrogen-bond acceptors (Lipinski definition) is 4. The number of nitrogens with zero attached hydrogens (tertiary/aromatic N) is 4. The largest absolute Gasteiger partial charge is 0.355 e. The van der Waals surface area contributed by atoms with Gasteiger partial charge in [0.25, 0.3) is 0 Å². The molecule has 0 saturated carbocycles. The summed E-state index contributed by atoms with van der Waals surface area (Å²) < 4.78 is 1.91. The summed E-state index contributed by atoms with van der Waals surface area (Å²) in [6.07, 6.45) is 5.33. The molecule has 1 N–H and O–H groups in total. The molecule has 4 aromatic rings. The molecule has 0 radical (unpaired) electrons. The number of hydrogen-bond donors (Lipinski definition) is 1. The van der Waals surface area contributed by atoms with Crippen molar-refractivity contribution < 1.29 is 4.79 Å². The van der Waals surface area contributed by atoms with Crippen molar-refractivity contribution in [3.63, 3.8) is 0 Å². The van der Waals surface area contributed by atoms with Crippen molar-refractivity contribution >= 4 is 17.2 Å². The fourth-order valence-electron chi connectivity index (χ4n) is 4.89. The number of aryl methyl sites for hydroxylation is 2. The standard InChI is InChI=1S/C28H31N5O/c1-19-9-10-24(20(2)17-19)25-18-26-27(29-13-16-33(26)31-25)32-14-11-23(12-15-32)28(34)30-21(3)22-7-5-4-6-8-22/h4-10,13,16-18,21,23H,11-12,14-15H2,1-3H3,(H,30,34)/t21-/m0/s1. The lowest BCUT2D eigenvalue weighted by Crippen LogP contribution is -2.41. The number of rotatable bonds is 5. The molecule has 3 heterocycles. The summed E-state index contributed by atoms with van der Waals surface area (Å²) >= 11 is 0. The third kappa shape index (κ3) is 4.40. The minimum Gasteiger partial charge on any atom is -0.355 e. The van der Waals surface area contributed by atoms with Gasteiger partial charge in [-0.25, -0.2) is 9.50 Å². The van der Waals surface area contributed by atoms with Gasteiger partial charge in [0, 0.05) is 37.0 Å². The SMILES string of the molecule is Cc1ccc(-c2cc3c(N4CCC(C(=O)N[C@@H](C)c5ccccc5)CC4)nccn3n2)c(C)c1. The highest BCUT2D eigenvalue weighted by Gasteiger charge is 2.27. The Morgan fingerprint density at radius 1 is 1.06 bits per heavy atom. The number of aromatic nitrogens is 3. The molecule has 2 aromatic carbocycles. The molecule has 0 unspecified atom stereocenters. The van der Waals surface area contributed by atoms with Crippen LogP contribution in [0.5, 0.6) is 0 Å². The molecule has 0 spiro atoms. The van der Waals surface area contributed by atoms with Gasteiger partial charge in [-0.2, -0.15) is 5.10 Å². The van der Waals surface area contributed by atoms with Crippen molar-refractivity contribution in [1.29, 1.82) is 0 Å². The highest BCUT2D eigenvalue weighted by Crippen LogP contribution is 2.30. The lowest BCUT2D eigenvalue weighted by atomic mass is 9.95. The van der Waals surface area contributed by atoms with Crippen LogP contribution in [-0.4, -0.2) is 33.6 Å². The average Bonchev–Trinajstić information content (AvgIpc) is 3.28. The maximum absolute atomic E-state index is 12.9. The summed E-state index contributed by atoms with van der Waals surface area (Å²) in [4.78, 5) is 19.9. The fraction of sp³-hybridized carbons (Fsp3) is 0.321. The van der Waals surface area contributed by atoms with E-state index in [0.29, 0.717) is 0 Å². The number of carbonyl (C=O) groups is 1. The summed E-state index contributed by atoms with van der Waals surface area (Å²) in [6.45, 7) is 7.87. The van der Waals surface area contributed by atoms with Gasteiger partial charge < -0.3 is 10.2 Å². The quantitative estimate of drug-likeness (QED) is 0.456. The van der Waals surface area contributed by atoms with Gasteiger partial charge in [0.1, 0.15) is 5.52 Å². The van der Waals surface area contributed by atoms with Gasteiger partial charge in [0.05, 0.1) is 11.7 Å². The van der Waals surface area contributed by atoms with Crippen molar-refractivity contribution in [2.24, 2.45) is 5.92 Å². The zero-order valence-corrected chi connectivity index (χ0v) is 20.0. The number of benzene rings is 2. The van der Waals surface area contributed by atoms with Crippen molar-refractivity contribution in [3.8, 4) is 11.3 Å². The third-order valence-corrected chi connectivity index (χ3v) is 6.85. The number of fused-ring (bicyclic) bond motifs is 1. The summed E-state index contributed by atoms with van der Waals surface area (Å²) in [5, 5.41) is 8.01. The van der Waals surface area contributed by atoms with Crippen LogP contribution in [0.2, 0.25) is 0 Å². The molecular weight excluding hydrogens is 422 g/mol. The molecule has 6 nitrogen and oxygen atoms in total. The second-order valence-corrected chi connectivity index (χ2v) is 9.33. The zero-order chi connectivity index (χ0) is 23.7. The highest BCUT2D eigenvalue weighted by molar-refractivity contribution is 5.80. The molecule has 34 heavy (non-hydrogen) atoms. The van der Waals surface area contributed by atoms with Crippen LogP contribution in [-0.2, 0) is 4.79 Å². The Bertz CT molecular complexity index is 1310. The molecule has 174 valence electrons. The van der Waals surface area contributed by atoms with E-state index >= 15 is 0 Å². The van der Waals surface area contributed by atoms with Gasteiger partial charge >= 0.3 is 0 Å². The third-order valence-electron chi connectivity index (χ3n) is 6.85. The predicted octanol–water partition coefficient (Wildman–Crippen LogP) is 5.11. The maximum atomic E-state index is 12.9. The summed E-state index contributed by atoms with van der Waals surface area (Å²) in [6, 6.07) is 18.7. The Labute approximate surface area is 200 Å². The summed E-state index contributed by atoms with van der Waals surface area (Å²) in [7, 11) is 0. The number of amides is 1. The molecule has 6 heteroatoms. The normalized spacial score (nSPS) is 15.4. The molecular formula is C28H31N5O. The fourth-order valence-corrected chi connectivity index (χ4v) is 4.89. The van der Waals surface area contributed by atoms with E-state index in [1.54, 1.807) is 6.20 Å². The molecule has 1 amide bonds. The number of carbonyl (C=O) groups excluding carboxylic acids is 1. The summed E-state index contributed by atoms with van der Waals surface area (Å²) in [5.41, 5.74) is 6.69. The van der Waals surface area contributed by atoms with E-state index in [4.69, 9.17) is 10.1 Å². The van der Waals surface area contributed by atoms with Crippen molar-refractivity contribution in [2.45, 2.75) is 39.7 Å². The smallest absolute Gasteiger partial charge is 0.223 e. The Balaban J connectivity index is 1.29. The van der Waals surface area contributed by atoms with Gasteiger partial charge in [-0.1, -0.05) is 54.1 Å². The molecule has 0 aliphatic carbocycles. The molecule has 1 saturated heterocycles. The molecule has 5 rings (SSSR count). The van der Waals surface area contributed by atoms with E-state index in [1.807, 2.05) is 35.8 Å². The maximum Gasteiger partial charge on any atom is 0.223 e. The van der Waals surface area contributed by atoms with E-state index in [2.05, 4.69) is 60.5 Å². The van der Waals surface area contributed by atoms with Crippen molar-refractivity contribution in [1.82, 2.24) is 19.9 Å². The van der Waals surface area contributed by atoms with Crippen LogP contribution in [0.1, 0.15) is 42.5 Å². The molecule has 1 atom stereocenters. The molecule has 1 aliphatic heterocycles. The van der Waals surface area contributed by atoms with Crippen LogP contribution in [0.25, 0.3) is 16.8 Å². The Kier molecular flexibility index (Phi) is 6.05. The van der Waals surface area contributed by atoms with Crippen LogP contribution in [0.15, 0.2) is 67.0 Å². The zero-order valence-electron chi connectivity index (χ0n) is 20.0. The number of piperidine rings is 1. The van der Waals surface area contributed by atoms with Gasteiger partial charge in [-0.05, 0) is 50.8 Å². The van der Waals surface area contributed by atoms with Crippen LogP contribution in [0.3, 0.4) is 0 Å². The second kappa shape index (κ2) is 9.29. The lowest BCUT2D eigenvalue weighted by Gasteiger charge is -2.32. The van der Waals surface area contributed by atoms with E-state index in [-0.39, 0.29) is 17.9 Å². The Morgan fingerprint density at radius 3 is 2.56 bits per heavy atom. The highest BCUT2D eigenvalue weighted by atomic mass is 16.1. The number of anilines is 1. The first kappa shape index (κ1) is 22.1. The molecule has 1 fully saturated rings. The van der Waals surface area contributed by atoms with Gasteiger partial charge in [0.15, 0.2) is 5.82 Å². The van der Waals surface area contributed by atoms with E-state index < -0.39 is 0 Å². The topological polar surface area (TPSA) is 62.5 Å². The lowest BCUT2D eigenvalue weighted by molar-refractivity contribution is -0.126. The van der Waals surface area contributed by atoms with Crippen LogP contribution in [0.4, 0.5) is 5.82 Å². The van der Waals surface area contributed by atoms with Gasteiger partial charge in [0.2, 0.25) is 5.91 Å². The Hall–Kier alpha value is -3.67. The minimum absolute atomic E-state index is 0.0117. The van der Waals surface area contributed by atoms with Crippen LogP contribution in [0, 0.1) is 19.8 Å². The summed E-state index contributed by atoms with van der Waals surface area (Å²) in [5.74, 6) is 1.10.